The van der Waals surface area contributed by atoms with Crippen LogP contribution in [0.2, 0.25) is 0 Å². The van der Waals surface area contributed by atoms with Gasteiger partial charge in [0.15, 0.2) is 0 Å². The first-order valence-corrected chi connectivity index (χ1v) is 7.62. The topological polar surface area (TPSA) is 49.4 Å². The summed E-state index contributed by atoms with van der Waals surface area (Å²) in [6.45, 7) is 7.28. The molecule has 112 valence electrons. The predicted octanol–water partition coefficient (Wildman–Crippen LogP) is 1.98. The van der Waals surface area contributed by atoms with Crippen molar-refractivity contribution in [1.29, 1.82) is 0 Å². The number of hydrogen-bond donors (Lipinski definition) is 1. The van der Waals surface area contributed by atoms with Crippen molar-refractivity contribution >= 4 is 11.8 Å². The van der Waals surface area contributed by atoms with Crippen LogP contribution in [-0.2, 0) is 9.59 Å². The molecule has 4 heteroatoms. The summed E-state index contributed by atoms with van der Waals surface area (Å²) in [5.41, 5.74) is 0.977. The van der Waals surface area contributed by atoms with Crippen molar-refractivity contribution in [1.82, 2.24) is 10.2 Å². The Bertz CT molecular complexity index is 543. The highest BCUT2D eigenvalue weighted by atomic mass is 16.2. The minimum atomic E-state index is -0.134. The standard InChI is InChI=1S/C17H22N2O2/c1-4-18-12(11-8-6-5-7-9-11)10-19-15(20)13-14(16(19)21)17(13,2)3/h5-9,12-14,18H,4,10H2,1-3H3. The van der Waals surface area contributed by atoms with Gasteiger partial charge in [0.25, 0.3) is 0 Å². The van der Waals surface area contributed by atoms with E-state index in [1.54, 1.807) is 0 Å². The van der Waals surface area contributed by atoms with E-state index in [0.717, 1.165) is 12.1 Å². The molecule has 4 nitrogen and oxygen atoms in total. The molecule has 0 spiro atoms. The molecule has 1 saturated carbocycles. The zero-order valence-corrected chi connectivity index (χ0v) is 12.8. The Labute approximate surface area is 125 Å². The highest BCUT2D eigenvalue weighted by Gasteiger charge is 2.72. The van der Waals surface area contributed by atoms with E-state index >= 15 is 0 Å². The number of carbonyl (C=O) groups is 2. The highest BCUT2D eigenvalue weighted by Crippen LogP contribution is 2.63. The number of fused-ring (bicyclic) bond motifs is 1. The number of carbonyl (C=O) groups excluding carboxylic acids is 2. The van der Waals surface area contributed by atoms with Crippen LogP contribution < -0.4 is 5.32 Å². The second-order valence-electron chi connectivity index (χ2n) is 6.58. The number of amides is 2. The average molecular weight is 286 g/mol. The number of nitrogens with one attached hydrogen (secondary N) is 1. The first-order valence-electron chi connectivity index (χ1n) is 7.62. The molecule has 2 amide bonds. The number of piperidine rings is 1. The van der Waals surface area contributed by atoms with Crippen molar-refractivity contribution in [3.63, 3.8) is 0 Å². The van der Waals surface area contributed by atoms with Gasteiger partial charge in [-0.1, -0.05) is 51.1 Å². The number of rotatable bonds is 5. The predicted molar refractivity (Wildman–Crippen MR) is 80.3 cm³/mol. The van der Waals surface area contributed by atoms with E-state index in [9.17, 15) is 9.59 Å². The maximum absolute atomic E-state index is 12.4. The smallest absolute Gasteiger partial charge is 0.233 e. The Morgan fingerprint density at radius 3 is 2.24 bits per heavy atom. The molecule has 1 aliphatic heterocycles. The summed E-state index contributed by atoms with van der Waals surface area (Å²) in [5.74, 6) is -0.172. The van der Waals surface area contributed by atoms with E-state index in [-0.39, 0.29) is 35.1 Å². The van der Waals surface area contributed by atoms with Crippen molar-refractivity contribution in [2.24, 2.45) is 17.3 Å². The van der Waals surface area contributed by atoms with E-state index in [0.29, 0.717) is 6.54 Å². The summed E-state index contributed by atoms with van der Waals surface area (Å²) in [4.78, 5) is 26.3. The van der Waals surface area contributed by atoms with E-state index in [4.69, 9.17) is 0 Å². The van der Waals surface area contributed by atoms with Gasteiger partial charge < -0.3 is 5.32 Å². The van der Waals surface area contributed by atoms with Crippen molar-refractivity contribution in [3.05, 3.63) is 35.9 Å². The molecular weight excluding hydrogens is 264 g/mol. The zero-order chi connectivity index (χ0) is 15.2. The van der Waals surface area contributed by atoms with E-state index < -0.39 is 0 Å². The molecule has 1 N–H and O–H groups in total. The van der Waals surface area contributed by atoms with Gasteiger partial charge in [-0.3, -0.25) is 14.5 Å². The first kappa shape index (κ1) is 14.3. The molecule has 0 bridgehead atoms. The molecule has 2 fully saturated rings. The SMILES string of the molecule is CCNC(CN1C(=O)C2C(C1=O)C2(C)C)c1ccccc1. The summed E-state index contributed by atoms with van der Waals surface area (Å²) in [5, 5.41) is 3.37. The average Bonchev–Trinajstić information content (AvgIpc) is 2.94. The summed E-state index contributed by atoms with van der Waals surface area (Å²) < 4.78 is 0. The molecule has 1 heterocycles. The maximum atomic E-state index is 12.4. The monoisotopic (exact) mass is 286 g/mol. The Morgan fingerprint density at radius 2 is 1.71 bits per heavy atom. The minimum Gasteiger partial charge on any atom is -0.309 e. The number of benzene rings is 1. The normalized spacial score (nSPS) is 27.7. The van der Waals surface area contributed by atoms with Crippen LogP contribution in [0.5, 0.6) is 0 Å². The summed E-state index contributed by atoms with van der Waals surface area (Å²) in [6.07, 6.45) is 0. The zero-order valence-electron chi connectivity index (χ0n) is 12.8. The third-order valence-electron chi connectivity index (χ3n) is 4.91. The van der Waals surface area contributed by atoms with E-state index in [1.807, 2.05) is 51.1 Å². The third-order valence-corrected chi connectivity index (χ3v) is 4.91. The summed E-state index contributed by atoms with van der Waals surface area (Å²) in [6, 6.07) is 9.99. The van der Waals surface area contributed by atoms with Crippen molar-refractivity contribution in [2.45, 2.75) is 26.8 Å². The van der Waals surface area contributed by atoms with Gasteiger partial charge in [0.1, 0.15) is 0 Å². The molecule has 3 rings (SSSR count). The molecule has 21 heavy (non-hydrogen) atoms. The van der Waals surface area contributed by atoms with Gasteiger partial charge >= 0.3 is 0 Å². The van der Waals surface area contributed by atoms with Crippen LogP contribution in [0.3, 0.4) is 0 Å². The van der Waals surface area contributed by atoms with Crippen LogP contribution in [0, 0.1) is 17.3 Å². The fraction of sp³-hybridized carbons (Fsp3) is 0.529. The molecule has 3 atom stereocenters. The quantitative estimate of drug-likeness (QED) is 0.842. The third kappa shape index (κ3) is 2.18. The molecule has 0 aromatic heterocycles. The van der Waals surface area contributed by atoms with Gasteiger partial charge in [-0.25, -0.2) is 0 Å². The molecule has 2 aliphatic rings. The first-order chi connectivity index (χ1) is 9.98. The number of nitrogens with zero attached hydrogens (tertiary/aromatic N) is 1. The highest BCUT2D eigenvalue weighted by molar-refractivity contribution is 6.10. The molecule has 3 unspecified atom stereocenters. The fourth-order valence-electron chi connectivity index (χ4n) is 3.59. The lowest BCUT2D eigenvalue weighted by molar-refractivity contribution is -0.143. The van der Waals surface area contributed by atoms with Gasteiger partial charge in [-0.15, -0.1) is 0 Å². The molecule has 1 aromatic rings. The Kier molecular flexibility index (Phi) is 3.36. The second kappa shape index (κ2) is 4.95. The van der Waals surface area contributed by atoms with Crippen LogP contribution >= 0.6 is 0 Å². The Hall–Kier alpha value is -1.68. The lowest BCUT2D eigenvalue weighted by atomic mass is 10.0. The molecule has 1 aromatic carbocycles. The minimum absolute atomic E-state index is 0.00436. The number of imide groups is 1. The number of likely N-dealkylation sites (tertiary alicyclic amines) is 1. The molecule has 1 saturated heterocycles. The van der Waals surface area contributed by atoms with Gasteiger partial charge in [-0.2, -0.15) is 0 Å². The largest absolute Gasteiger partial charge is 0.309 e. The van der Waals surface area contributed by atoms with Crippen molar-refractivity contribution in [2.75, 3.05) is 13.1 Å². The molecular formula is C17H22N2O2. The fourth-order valence-corrected chi connectivity index (χ4v) is 3.59. The van der Waals surface area contributed by atoms with Crippen LogP contribution in [0.4, 0.5) is 0 Å². The van der Waals surface area contributed by atoms with E-state index in [1.165, 1.54) is 4.90 Å². The number of hydrogen-bond acceptors (Lipinski definition) is 3. The summed E-state index contributed by atoms with van der Waals surface area (Å²) >= 11 is 0. The van der Waals surface area contributed by atoms with Crippen molar-refractivity contribution in [3.8, 4) is 0 Å². The van der Waals surface area contributed by atoms with Gasteiger partial charge in [0, 0.05) is 6.54 Å². The number of likely N-dealkylation sites (N-methyl/N-ethyl adjacent to an activating group) is 1. The molecule has 0 radical (unpaired) electrons. The van der Waals surface area contributed by atoms with Gasteiger partial charge in [0.05, 0.1) is 17.9 Å². The van der Waals surface area contributed by atoms with Gasteiger partial charge in [0.2, 0.25) is 11.8 Å². The molecule has 1 aliphatic carbocycles. The summed E-state index contributed by atoms with van der Waals surface area (Å²) in [7, 11) is 0. The van der Waals surface area contributed by atoms with Crippen LogP contribution in [0.25, 0.3) is 0 Å². The van der Waals surface area contributed by atoms with Crippen molar-refractivity contribution < 1.29 is 9.59 Å². The van der Waals surface area contributed by atoms with E-state index in [2.05, 4.69) is 5.32 Å². The van der Waals surface area contributed by atoms with Crippen LogP contribution in [0.1, 0.15) is 32.4 Å². The maximum Gasteiger partial charge on any atom is 0.233 e. The lowest BCUT2D eigenvalue weighted by Crippen LogP contribution is -2.42. The Balaban J connectivity index is 1.76. The second-order valence-corrected chi connectivity index (χ2v) is 6.58. The Morgan fingerprint density at radius 1 is 1.14 bits per heavy atom. The van der Waals surface area contributed by atoms with Crippen LogP contribution in [-0.4, -0.2) is 29.8 Å². The van der Waals surface area contributed by atoms with Crippen LogP contribution in [0.15, 0.2) is 30.3 Å². The lowest BCUT2D eigenvalue weighted by Gasteiger charge is -2.26. The van der Waals surface area contributed by atoms with Gasteiger partial charge in [-0.05, 0) is 17.5 Å².